The van der Waals surface area contributed by atoms with E-state index in [4.69, 9.17) is 23.2 Å². The van der Waals surface area contributed by atoms with Crippen LogP contribution < -0.4 is 5.32 Å². The van der Waals surface area contributed by atoms with Crippen LogP contribution >= 0.6 is 23.2 Å². The van der Waals surface area contributed by atoms with E-state index in [0.717, 1.165) is 17.7 Å². The molecule has 2 aromatic rings. The minimum absolute atomic E-state index is 0.183. The maximum atomic E-state index is 11.9. The van der Waals surface area contributed by atoms with Gasteiger partial charge in [0.25, 0.3) is 0 Å². The van der Waals surface area contributed by atoms with Crippen LogP contribution in [0.4, 0.5) is 5.69 Å². The third-order valence-electron chi connectivity index (χ3n) is 3.41. The van der Waals surface area contributed by atoms with Gasteiger partial charge in [-0.1, -0.05) is 54.7 Å². The predicted molar refractivity (Wildman–Crippen MR) is 99.2 cm³/mol. The van der Waals surface area contributed by atoms with Gasteiger partial charge in [-0.25, -0.2) is 0 Å². The summed E-state index contributed by atoms with van der Waals surface area (Å²) < 4.78 is 0. The first-order valence-electron chi connectivity index (χ1n) is 7.61. The van der Waals surface area contributed by atoms with Crippen molar-refractivity contribution in [1.29, 1.82) is 0 Å². The van der Waals surface area contributed by atoms with Gasteiger partial charge in [-0.15, -0.1) is 0 Å². The molecule has 23 heavy (non-hydrogen) atoms. The van der Waals surface area contributed by atoms with E-state index in [1.165, 1.54) is 24.5 Å². The monoisotopic (exact) mass is 347 g/mol. The van der Waals surface area contributed by atoms with Crippen molar-refractivity contribution in [2.75, 3.05) is 5.32 Å². The Balaban J connectivity index is 1.93. The molecular formula is C19H19Cl2NO. The van der Waals surface area contributed by atoms with Crippen molar-refractivity contribution < 1.29 is 4.79 Å². The van der Waals surface area contributed by atoms with Crippen molar-refractivity contribution in [2.45, 2.75) is 26.2 Å². The van der Waals surface area contributed by atoms with Gasteiger partial charge in [0.2, 0.25) is 5.91 Å². The van der Waals surface area contributed by atoms with Gasteiger partial charge in [0.15, 0.2) is 0 Å². The molecule has 0 saturated heterocycles. The maximum absolute atomic E-state index is 11.9. The average Bonchev–Trinajstić information content (AvgIpc) is 2.55. The number of carbonyl (C=O) groups is 1. The third kappa shape index (κ3) is 5.74. The van der Waals surface area contributed by atoms with Crippen molar-refractivity contribution in [1.82, 2.24) is 0 Å². The van der Waals surface area contributed by atoms with Gasteiger partial charge in [-0.05, 0) is 54.3 Å². The molecule has 0 aliphatic heterocycles. The summed E-state index contributed by atoms with van der Waals surface area (Å²) in [6.45, 7) is 2.18. The molecule has 0 saturated carbocycles. The molecule has 0 unspecified atom stereocenters. The lowest BCUT2D eigenvalue weighted by atomic mass is 10.1. The fourth-order valence-corrected chi connectivity index (χ4v) is 2.41. The fourth-order valence-electron chi connectivity index (χ4n) is 2.11. The Bertz CT molecular complexity index is 693. The number of unbranched alkanes of at least 4 members (excludes halogenated alkanes) is 1. The fraction of sp³-hybridized carbons (Fsp3) is 0.211. The van der Waals surface area contributed by atoms with E-state index in [1.807, 2.05) is 24.3 Å². The molecule has 0 aliphatic carbocycles. The highest BCUT2D eigenvalue weighted by Crippen LogP contribution is 2.23. The average molecular weight is 348 g/mol. The Hall–Kier alpha value is -1.77. The summed E-state index contributed by atoms with van der Waals surface area (Å²) in [5.74, 6) is -0.183. The van der Waals surface area contributed by atoms with E-state index in [9.17, 15) is 4.79 Å². The molecule has 0 aliphatic rings. The Morgan fingerprint density at radius 2 is 1.83 bits per heavy atom. The van der Waals surface area contributed by atoms with Crippen LogP contribution in [0.3, 0.4) is 0 Å². The zero-order valence-corrected chi connectivity index (χ0v) is 14.5. The molecule has 120 valence electrons. The zero-order valence-electron chi connectivity index (χ0n) is 13.0. The molecule has 0 spiro atoms. The van der Waals surface area contributed by atoms with Crippen LogP contribution in [0.2, 0.25) is 10.0 Å². The summed E-state index contributed by atoms with van der Waals surface area (Å²) in [6.07, 6.45) is 6.61. The number of halogens is 2. The second kappa shape index (κ2) is 8.76. The van der Waals surface area contributed by atoms with Gasteiger partial charge >= 0.3 is 0 Å². The number of nitrogens with one attached hydrogen (secondary N) is 1. The first kappa shape index (κ1) is 17.6. The number of amides is 1. The summed E-state index contributed by atoms with van der Waals surface area (Å²) in [7, 11) is 0. The van der Waals surface area contributed by atoms with Crippen LogP contribution in [0.25, 0.3) is 6.08 Å². The highest BCUT2D eigenvalue weighted by molar-refractivity contribution is 6.42. The Kier molecular flexibility index (Phi) is 6.69. The topological polar surface area (TPSA) is 29.1 Å². The number of hydrogen-bond donors (Lipinski definition) is 1. The molecule has 0 fully saturated rings. The molecule has 0 radical (unpaired) electrons. The molecule has 2 nitrogen and oxygen atoms in total. The van der Waals surface area contributed by atoms with Gasteiger partial charge in [0.05, 0.1) is 10.0 Å². The lowest BCUT2D eigenvalue weighted by Crippen LogP contribution is -2.07. The summed E-state index contributed by atoms with van der Waals surface area (Å²) in [5.41, 5.74) is 2.90. The van der Waals surface area contributed by atoms with E-state index >= 15 is 0 Å². The molecule has 1 N–H and O–H groups in total. The summed E-state index contributed by atoms with van der Waals surface area (Å²) in [6, 6.07) is 13.2. The number of anilines is 1. The molecule has 0 aromatic heterocycles. The number of hydrogen-bond acceptors (Lipinski definition) is 1. The van der Waals surface area contributed by atoms with Crippen LogP contribution in [0.1, 0.15) is 30.9 Å². The van der Waals surface area contributed by atoms with Crippen LogP contribution in [0, 0.1) is 0 Å². The smallest absolute Gasteiger partial charge is 0.248 e. The zero-order chi connectivity index (χ0) is 16.7. The second-order valence-corrected chi connectivity index (χ2v) is 6.11. The molecule has 0 atom stereocenters. The van der Waals surface area contributed by atoms with Gasteiger partial charge in [0, 0.05) is 11.8 Å². The Morgan fingerprint density at radius 3 is 2.48 bits per heavy atom. The maximum Gasteiger partial charge on any atom is 0.248 e. The van der Waals surface area contributed by atoms with E-state index in [0.29, 0.717) is 10.0 Å². The lowest BCUT2D eigenvalue weighted by molar-refractivity contribution is -0.111. The normalized spacial score (nSPS) is 10.9. The van der Waals surface area contributed by atoms with Crippen molar-refractivity contribution in [3.8, 4) is 0 Å². The van der Waals surface area contributed by atoms with Crippen LogP contribution in [0.5, 0.6) is 0 Å². The Labute approximate surface area is 147 Å². The minimum Gasteiger partial charge on any atom is -0.323 e. The standard InChI is InChI=1S/C19H19Cl2NO/c1-2-3-4-14-5-9-16(10-6-14)22-19(23)12-8-15-7-11-17(20)18(21)13-15/h5-13H,2-4H2,1H3,(H,22,23)/b12-8+. The van der Waals surface area contributed by atoms with Gasteiger partial charge in [-0.2, -0.15) is 0 Å². The number of benzene rings is 2. The van der Waals surface area contributed by atoms with Crippen LogP contribution in [-0.2, 0) is 11.2 Å². The number of carbonyl (C=O) groups excluding carboxylic acids is 1. The van der Waals surface area contributed by atoms with Crippen LogP contribution in [0.15, 0.2) is 48.5 Å². The minimum atomic E-state index is -0.183. The van der Waals surface area contributed by atoms with Crippen molar-refractivity contribution >= 4 is 40.9 Å². The van der Waals surface area contributed by atoms with E-state index in [-0.39, 0.29) is 5.91 Å². The molecule has 1 amide bonds. The number of aryl methyl sites for hydroxylation is 1. The van der Waals surface area contributed by atoms with Crippen molar-refractivity contribution in [3.05, 3.63) is 69.7 Å². The molecule has 0 heterocycles. The molecule has 4 heteroatoms. The SMILES string of the molecule is CCCCc1ccc(NC(=O)/C=C/c2ccc(Cl)c(Cl)c2)cc1. The lowest BCUT2D eigenvalue weighted by Gasteiger charge is -2.04. The first-order valence-corrected chi connectivity index (χ1v) is 8.37. The third-order valence-corrected chi connectivity index (χ3v) is 4.15. The summed E-state index contributed by atoms with van der Waals surface area (Å²) in [5, 5.41) is 3.80. The largest absolute Gasteiger partial charge is 0.323 e. The van der Waals surface area contributed by atoms with Gasteiger partial charge < -0.3 is 5.32 Å². The molecule has 2 aromatic carbocycles. The quantitative estimate of drug-likeness (QED) is 0.639. The van der Waals surface area contributed by atoms with Gasteiger partial charge in [-0.3, -0.25) is 4.79 Å². The second-order valence-electron chi connectivity index (χ2n) is 5.30. The highest BCUT2D eigenvalue weighted by atomic mass is 35.5. The summed E-state index contributed by atoms with van der Waals surface area (Å²) >= 11 is 11.8. The summed E-state index contributed by atoms with van der Waals surface area (Å²) in [4.78, 5) is 11.9. The number of rotatable bonds is 6. The van der Waals surface area contributed by atoms with E-state index in [1.54, 1.807) is 24.3 Å². The molecule has 0 bridgehead atoms. The first-order chi connectivity index (χ1) is 11.1. The highest BCUT2D eigenvalue weighted by Gasteiger charge is 2.00. The van der Waals surface area contributed by atoms with E-state index < -0.39 is 0 Å². The van der Waals surface area contributed by atoms with Crippen molar-refractivity contribution in [3.63, 3.8) is 0 Å². The van der Waals surface area contributed by atoms with Gasteiger partial charge in [0.1, 0.15) is 0 Å². The molecular weight excluding hydrogens is 329 g/mol. The van der Waals surface area contributed by atoms with E-state index in [2.05, 4.69) is 12.2 Å². The van der Waals surface area contributed by atoms with Crippen molar-refractivity contribution in [2.24, 2.45) is 0 Å². The Morgan fingerprint density at radius 1 is 1.09 bits per heavy atom. The van der Waals surface area contributed by atoms with Crippen LogP contribution in [-0.4, -0.2) is 5.91 Å². The molecule has 2 rings (SSSR count). The predicted octanol–water partition coefficient (Wildman–Crippen LogP) is 5.99.